The fraction of sp³-hybridized carbons (Fsp3) is 0.853. The van der Waals surface area contributed by atoms with Gasteiger partial charge in [0.2, 0.25) is 0 Å². The van der Waals surface area contributed by atoms with Crippen LogP contribution in [0.2, 0.25) is 0 Å². The molecule has 0 aliphatic heterocycles. The number of rotatable bonds is 9. The van der Waals surface area contributed by atoms with Crippen LogP contribution in [0.25, 0.3) is 0 Å². The van der Waals surface area contributed by atoms with Crippen molar-refractivity contribution in [2.45, 2.75) is 105 Å². The molecular weight excluding hydrogens is 468 g/mol. The third-order valence-corrected chi connectivity index (χ3v) is 11.9. The topological polar surface area (TPSA) is 41.6 Å². The molecule has 216 valence electrons. The Morgan fingerprint density at radius 3 is 2.55 bits per heavy atom. The maximum atomic E-state index is 12.4. The van der Waals surface area contributed by atoms with Gasteiger partial charge in [-0.05, 0) is 118 Å². The summed E-state index contributed by atoms with van der Waals surface area (Å²) in [5.41, 5.74) is 2.36. The summed E-state index contributed by atoms with van der Waals surface area (Å²) in [7, 11) is 4.04. The quantitative estimate of drug-likeness (QED) is 0.309. The van der Waals surface area contributed by atoms with Gasteiger partial charge in [-0.15, -0.1) is 0 Å². The number of carbonyl (C=O) groups excluding carboxylic acids is 1. The Morgan fingerprint density at radius 1 is 1.11 bits per heavy atom. The predicted molar refractivity (Wildman–Crippen MR) is 159 cm³/mol. The van der Waals surface area contributed by atoms with Gasteiger partial charge in [-0.2, -0.15) is 0 Å². The average Bonchev–Trinajstić information content (AvgIpc) is 3.21. The first kappa shape index (κ1) is 29.7. The summed E-state index contributed by atoms with van der Waals surface area (Å²) in [6, 6.07) is 0. The zero-order chi connectivity index (χ0) is 27.7. The highest BCUT2D eigenvalue weighted by Gasteiger charge is 2.59. The third kappa shape index (κ3) is 5.91. The van der Waals surface area contributed by atoms with Gasteiger partial charge in [0.15, 0.2) is 0 Å². The number of nitrogens with one attached hydrogen (secondary N) is 1. The van der Waals surface area contributed by atoms with E-state index in [-0.39, 0.29) is 12.2 Å². The van der Waals surface area contributed by atoms with Crippen LogP contribution in [-0.4, -0.2) is 44.3 Å². The molecule has 4 aliphatic rings. The number of amides is 1. The lowest BCUT2D eigenvalue weighted by Crippen LogP contribution is -2.51. The largest absolute Gasteiger partial charge is 0.446 e. The van der Waals surface area contributed by atoms with Crippen LogP contribution in [0.1, 0.15) is 99.3 Å². The average molecular weight is 527 g/mol. The Morgan fingerprint density at radius 2 is 1.87 bits per heavy atom. The van der Waals surface area contributed by atoms with Crippen LogP contribution in [0.5, 0.6) is 0 Å². The minimum absolute atomic E-state index is 0.0281. The fourth-order valence-electron chi connectivity index (χ4n) is 9.49. The number of nitrogens with zero attached hydrogens (tertiary/aromatic N) is 1. The molecule has 0 unspecified atom stereocenters. The summed E-state index contributed by atoms with van der Waals surface area (Å²) < 4.78 is 5.88. The maximum absolute atomic E-state index is 12.4. The van der Waals surface area contributed by atoms with Crippen molar-refractivity contribution in [1.82, 2.24) is 10.2 Å². The molecule has 4 rings (SSSR count). The second-order valence-electron chi connectivity index (χ2n) is 14.5. The molecule has 4 nitrogen and oxygen atoms in total. The Hall–Kier alpha value is -1.29. The minimum Gasteiger partial charge on any atom is -0.446 e. The SMILES string of the molecule is CC[C@H](/C=C/[C@@H](C)[C@H]1CC[C@H]2[C@@H]3CC=C4C[C@@H](OC(=O)NCCN(C)C)CC[C@]4(C)[C@H]3CC[C@]12C)C(C)C. The van der Waals surface area contributed by atoms with E-state index in [4.69, 9.17) is 4.74 Å². The van der Waals surface area contributed by atoms with Gasteiger partial charge in [0.1, 0.15) is 6.10 Å². The zero-order valence-corrected chi connectivity index (χ0v) is 25.9. The molecule has 38 heavy (non-hydrogen) atoms. The normalized spacial score (nSPS) is 38.4. The zero-order valence-electron chi connectivity index (χ0n) is 25.9. The van der Waals surface area contributed by atoms with Crippen LogP contribution in [0.3, 0.4) is 0 Å². The number of carbonyl (C=O) groups is 1. The first-order valence-corrected chi connectivity index (χ1v) is 16.0. The molecule has 0 aromatic rings. The van der Waals surface area contributed by atoms with Gasteiger partial charge in [0.05, 0.1) is 0 Å². The number of likely N-dealkylation sites (N-methyl/N-ethyl adjacent to an activating group) is 1. The fourth-order valence-corrected chi connectivity index (χ4v) is 9.49. The monoisotopic (exact) mass is 526 g/mol. The second kappa shape index (κ2) is 12.1. The maximum Gasteiger partial charge on any atom is 0.407 e. The molecule has 1 amide bonds. The summed E-state index contributed by atoms with van der Waals surface area (Å²) >= 11 is 0. The standard InChI is InChI=1S/C34H58N2O2/c1-9-25(23(2)3)11-10-24(4)29-14-15-30-28-13-12-26-22-27(38-32(37)35-20-21-36(7)8)16-18-33(26,5)31(28)17-19-34(29,30)6/h10-12,23-25,27-31H,9,13-22H2,1-8H3,(H,35,37)/b11-10+/t24-,25-,27+,28+,29-,30+,31+,33+,34-/m1/s1. The number of alkyl carbamates (subject to hydrolysis) is 1. The van der Waals surface area contributed by atoms with Gasteiger partial charge in [-0.25, -0.2) is 4.79 Å². The van der Waals surface area contributed by atoms with Gasteiger partial charge in [0, 0.05) is 19.5 Å². The van der Waals surface area contributed by atoms with Crippen LogP contribution < -0.4 is 5.32 Å². The first-order valence-electron chi connectivity index (χ1n) is 16.0. The molecule has 0 spiro atoms. The highest BCUT2D eigenvalue weighted by Crippen LogP contribution is 2.67. The lowest BCUT2D eigenvalue weighted by molar-refractivity contribution is -0.0550. The number of hydrogen-bond acceptors (Lipinski definition) is 3. The smallest absolute Gasteiger partial charge is 0.407 e. The van der Waals surface area contributed by atoms with E-state index in [0.717, 1.165) is 55.4 Å². The van der Waals surface area contributed by atoms with Crippen molar-refractivity contribution in [2.75, 3.05) is 27.2 Å². The summed E-state index contributed by atoms with van der Waals surface area (Å²) in [6.07, 6.45) is 18.7. The van der Waals surface area contributed by atoms with E-state index in [9.17, 15) is 4.79 Å². The van der Waals surface area contributed by atoms with Crippen molar-refractivity contribution in [1.29, 1.82) is 0 Å². The minimum atomic E-state index is -0.248. The van der Waals surface area contributed by atoms with E-state index in [1.54, 1.807) is 5.57 Å². The number of allylic oxidation sites excluding steroid dienone is 3. The lowest BCUT2D eigenvalue weighted by Gasteiger charge is -2.58. The predicted octanol–water partition coefficient (Wildman–Crippen LogP) is 8.10. The van der Waals surface area contributed by atoms with E-state index in [0.29, 0.717) is 29.2 Å². The van der Waals surface area contributed by atoms with Crippen LogP contribution in [-0.2, 0) is 4.74 Å². The van der Waals surface area contributed by atoms with Gasteiger partial charge < -0.3 is 15.0 Å². The van der Waals surface area contributed by atoms with E-state index in [1.165, 1.54) is 38.5 Å². The molecule has 0 bridgehead atoms. The summed E-state index contributed by atoms with van der Waals surface area (Å²) in [5, 5.41) is 2.93. The van der Waals surface area contributed by atoms with Crippen LogP contribution in [0.4, 0.5) is 4.79 Å². The van der Waals surface area contributed by atoms with E-state index < -0.39 is 0 Å². The molecule has 0 aromatic carbocycles. The molecule has 3 fully saturated rings. The first-order chi connectivity index (χ1) is 18.0. The summed E-state index contributed by atoms with van der Waals surface area (Å²) in [4.78, 5) is 14.4. The second-order valence-corrected chi connectivity index (χ2v) is 14.5. The van der Waals surface area contributed by atoms with Gasteiger partial charge in [-0.3, -0.25) is 0 Å². The number of hydrogen-bond donors (Lipinski definition) is 1. The molecular formula is C34H58N2O2. The van der Waals surface area contributed by atoms with Crippen molar-refractivity contribution in [3.05, 3.63) is 23.8 Å². The van der Waals surface area contributed by atoms with E-state index in [1.807, 2.05) is 14.1 Å². The van der Waals surface area contributed by atoms with Crippen LogP contribution in [0, 0.1) is 52.3 Å². The molecule has 0 heterocycles. The van der Waals surface area contributed by atoms with E-state index >= 15 is 0 Å². The molecule has 0 saturated heterocycles. The van der Waals surface area contributed by atoms with Crippen LogP contribution in [0.15, 0.2) is 23.8 Å². The van der Waals surface area contributed by atoms with Crippen LogP contribution >= 0.6 is 0 Å². The van der Waals surface area contributed by atoms with Crippen molar-refractivity contribution in [3.63, 3.8) is 0 Å². The molecule has 0 radical (unpaired) electrons. The Kier molecular flexibility index (Phi) is 9.43. The Balaban J connectivity index is 1.40. The number of fused-ring (bicyclic) bond motifs is 5. The van der Waals surface area contributed by atoms with Gasteiger partial charge in [-0.1, -0.05) is 65.3 Å². The molecule has 1 N–H and O–H groups in total. The molecule has 9 atom stereocenters. The Bertz CT molecular complexity index is 878. The van der Waals surface area contributed by atoms with E-state index in [2.05, 4.69) is 70.0 Å². The lowest BCUT2D eigenvalue weighted by atomic mass is 9.47. The molecule has 0 aromatic heterocycles. The molecule has 4 aliphatic carbocycles. The highest BCUT2D eigenvalue weighted by atomic mass is 16.6. The third-order valence-electron chi connectivity index (χ3n) is 11.9. The molecule has 4 heteroatoms. The number of ether oxygens (including phenoxy) is 1. The van der Waals surface area contributed by atoms with Crippen molar-refractivity contribution in [2.24, 2.45) is 52.3 Å². The van der Waals surface area contributed by atoms with Crippen molar-refractivity contribution >= 4 is 6.09 Å². The Labute approximate surface area is 234 Å². The van der Waals surface area contributed by atoms with Gasteiger partial charge in [0.25, 0.3) is 0 Å². The highest BCUT2D eigenvalue weighted by molar-refractivity contribution is 5.67. The van der Waals surface area contributed by atoms with Crippen molar-refractivity contribution < 1.29 is 9.53 Å². The van der Waals surface area contributed by atoms with Gasteiger partial charge >= 0.3 is 6.09 Å². The summed E-state index contributed by atoms with van der Waals surface area (Å²) in [6.45, 7) is 16.3. The summed E-state index contributed by atoms with van der Waals surface area (Å²) in [5.74, 6) is 5.43. The molecule has 3 saturated carbocycles. The van der Waals surface area contributed by atoms with Crippen molar-refractivity contribution in [3.8, 4) is 0 Å².